The monoisotopic (exact) mass is 592 g/mol. The molecule has 5 rings (SSSR count). The van der Waals surface area contributed by atoms with Crippen molar-refractivity contribution in [3.8, 4) is 0 Å². The molecule has 43 heavy (non-hydrogen) atoms. The minimum absolute atomic E-state index is 0.0112. The van der Waals surface area contributed by atoms with Crippen LogP contribution in [-0.2, 0) is 20.8 Å². The molecule has 2 fully saturated rings. The highest BCUT2D eigenvalue weighted by molar-refractivity contribution is 6.01. The third-order valence-electron chi connectivity index (χ3n) is 8.80. The lowest BCUT2D eigenvalue weighted by Gasteiger charge is -2.30. The third-order valence-corrected chi connectivity index (χ3v) is 8.80. The molecule has 1 aromatic carbocycles. The van der Waals surface area contributed by atoms with Gasteiger partial charge in [-0.3, -0.25) is 23.9 Å². The smallest absolute Gasteiger partial charge is 0.270 e. The average molecular weight is 593 g/mol. The molecule has 0 spiro atoms. The van der Waals surface area contributed by atoms with Gasteiger partial charge in [0.25, 0.3) is 5.91 Å². The maximum Gasteiger partial charge on any atom is 0.270 e. The fourth-order valence-corrected chi connectivity index (χ4v) is 6.44. The number of nitrogens with zero attached hydrogens (tertiary/aromatic N) is 2. The van der Waals surface area contributed by atoms with Gasteiger partial charge in [-0.1, -0.05) is 6.07 Å². The summed E-state index contributed by atoms with van der Waals surface area (Å²) in [4.78, 5) is 51.9. The van der Waals surface area contributed by atoms with E-state index in [4.69, 9.17) is 0 Å². The van der Waals surface area contributed by atoms with Crippen LogP contribution in [0.1, 0.15) is 100 Å². The summed E-state index contributed by atoms with van der Waals surface area (Å²) >= 11 is 0. The lowest BCUT2D eigenvalue weighted by Crippen LogP contribution is -2.57. The van der Waals surface area contributed by atoms with Crippen LogP contribution in [0.2, 0.25) is 0 Å². The predicted octanol–water partition coefficient (Wildman–Crippen LogP) is 3.02. The third kappa shape index (κ3) is 7.09. The van der Waals surface area contributed by atoms with Gasteiger partial charge in [0, 0.05) is 24.8 Å². The van der Waals surface area contributed by atoms with E-state index in [9.17, 15) is 24.3 Å². The average Bonchev–Trinajstić information content (AvgIpc) is 3.86. The van der Waals surface area contributed by atoms with Crippen LogP contribution in [0.15, 0.2) is 30.5 Å². The predicted molar refractivity (Wildman–Crippen MR) is 161 cm³/mol. The van der Waals surface area contributed by atoms with Crippen molar-refractivity contribution >= 4 is 29.3 Å². The van der Waals surface area contributed by atoms with Gasteiger partial charge in [0.2, 0.25) is 17.7 Å². The Morgan fingerprint density at radius 3 is 2.23 bits per heavy atom. The first-order valence-electron chi connectivity index (χ1n) is 15.4. The van der Waals surface area contributed by atoms with Gasteiger partial charge < -0.3 is 26.4 Å². The zero-order valence-electron chi connectivity index (χ0n) is 25.6. The van der Waals surface area contributed by atoms with Crippen LogP contribution in [0, 0.1) is 17.8 Å². The summed E-state index contributed by atoms with van der Waals surface area (Å²) < 4.78 is 1.67. The summed E-state index contributed by atoms with van der Waals surface area (Å²) in [5.41, 5.74) is 1.58. The van der Waals surface area contributed by atoms with Gasteiger partial charge in [0.05, 0.1) is 11.6 Å². The summed E-state index contributed by atoms with van der Waals surface area (Å²) in [6, 6.07) is 5.31. The number of benzene rings is 1. The van der Waals surface area contributed by atoms with Crippen molar-refractivity contribution in [2.75, 3.05) is 5.32 Å². The number of anilines is 1. The highest BCUT2D eigenvalue weighted by Crippen LogP contribution is 2.51. The Balaban J connectivity index is 1.30. The minimum atomic E-state index is -1.44. The lowest BCUT2D eigenvalue weighted by molar-refractivity contribution is -0.134. The van der Waals surface area contributed by atoms with Crippen LogP contribution in [0.4, 0.5) is 5.69 Å². The number of hydrogen-bond donors (Lipinski definition) is 5. The first-order chi connectivity index (χ1) is 20.3. The molecular formula is C32H44N6O5. The number of aliphatic hydroxyl groups is 1. The molecule has 2 saturated carbocycles. The van der Waals surface area contributed by atoms with Crippen molar-refractivity contribution in [1.29, 1.82) is 0 Å². The summed E-state index contributed by atoms with van der Waals surface area (Å²) in [6.07, 6.45) is 7.27. The van der Waals surface area contributed by atoms with E-state index in [2.05, 4.69) is 26.4 Å². The number of hydrogen-bond acceptors (Lipinski definition) is 6. The summed E-state index contributed by atoms with van der Waals surface area (Å²) in [6.45, 7) is 8.20. The number of aromatic nitrogens is 2. The van der Waals surface area contributed by atoms with Crippen LogP contribution in [0.3, 0.4) is 0 Å². The van der Waals surface area contributed by atoms with Crippen molar-refractivity contribution in [2.24, 2.45) is 17.8 Å². The van der Waals surface area contributed by atoms with E-state index in [1.165, 1.54) is 20.8 Å². The molecule has 3 aliphatic rings. The van der Waals surface area contributed by atoms with Gasteiger partial charge >= 0.3 is 0 Å². The molecule has 0 aliphatic heterocycles. The van der Waals surface area contributed by atoms with Crippen LogP contribution in [-0.4, -0.2) is 56.2 Å². The molecule has 232 valence electrons. The second-order valence-electron chi connectivity index (χ2n) is 13.2. The fraction of sp³-hybridized carbons (Fsp3) is 0.594. The Labute approximate surface area is 252 Å². The molecule has 11 heteroatoms. The second kappa shape index (κ2) is 12.1. The molecule has 4 amide bonds. The van der Waals surface area contributed by atoms with Gasteiger partial charge in [-0.25, -0.2) is 0 Å². The molecule has 0 unspecified atom stereocenters. The van der Waals surface area contributed by atoms with Crippen LogP contribution in [0.25, 0.3) is 0 Å². The van der Waals surface area contributed by atoms with Crippen molar-refractivity contribution < 1.29 is 24.3 Å². The Bertz CT molecular complexity index is 1370. The van der Waals surface area contributed by atoms with E-state index >= 15 is 0 Å². The standard InChI is InChI=1S/C32H44N6O5/c1-17(2)38-25(14-15-33-38)29(40)37-27(26(19-6-7-19)20-8-9-20)30(41)35-22-11-12-23-21(16-22)10-13-24(23)36-31(42)28(32(4,5)43)34-18(3)39/h11-12,14-17,19-20,24,26-28,43H,6-10,13H2,1-5H3,(H,34,39)(H,35,41)(H,36,42)(H,37,40)/t24-,27+,28+/m1/s1. The van der Waals surface area contributed by atoms with E-state index in [-0.39, 0.29) is 29.8 Å². The highest BCUT2D eigenvalue weighted by atomic mass is 16.3. The molecule has 0 bridgehead atoms. The number of carbonyl (C=O) groups excluding carboxylic acids is 4. The lowest BCUT2D eigenvalue weighted by atomic mass is 9.88. The van der Waals surface area contributed by atoms with E-state index in [0.717, 1.165) is 36.8 Å². The molecule has 3 aliphatic carbocycles. The molecule has 11 nitrogen and oxygen atoms in total. The van der Waals surface area contributed by atoms with Gasteiger partial charge in [0.1, 0.15) is 17.8 Å². The Hall–Kier alpha value is -3.73. The topological polar surface area (TPSA) is 154 Å². The Morgan fingerprint density at radius 2 is 1.65 bits per heavy atom. The zero-order chi connectivity index (χ0) is 31.1. The Kier molecular flexibility index (Phi) is 8.65. The van der Waals surface area contributed by atoms with Crippen molar-refractivity contribution in [1.82, 2.24) is 25.7 Å². The van der Waals surface area contributed by atoms with E-state index in [1.54, 1.807) is 16.9 Å². The normalized spacial score (nSPS) is 19.5. The number of fused-ring (bicyclic) bond motifs is 1. The SMILES string of the molecule is CC(=O)N[C@@H](C(=O)N[C@@H]1CCc2cc(NC(=O)[C@@H](NC(=O)c3ccnn3C(C)C)C(C3CC3)C3CC3)ccc21)C(C)(C)O. The molecule has 0 saturated heterocycles. The maximum absolute atomic E-state index is 13.8. The highest BCUT2D eigenvalue weighted by Gasteiger charge is 2.48. The first kappa shape index (κ1) is 30.7. The van der Waals surface area contributed by atoms with Gasteiger partial charge in [-0.2, -0.15) is 5.10 Å². The summed E-state index contributed by atoms with van der Waals surface area (Å²) in [5, 5.41) is 26.4. The van der Waals surface area contributed by atoms with E-state index in [0.29, 0.717) is 36.1 Å². The van der Waals surface area contributed by atoms with Crippen LogP contribution >= 0.6 is 0 Å². The maximum atomic E-state index is 13.8. The first-order valence-corrected chi connectivity index (χ1v) is 15.4. The molecular weight excluding hydrogens is 548 g/mol. The summed E-state index contributed by atoms with van der Waals surface area (Å²) in [5.74, 6) is -0.406. The minimum Gasteiger partial charge on any atom is -0.388 e. The fourth-order valence-electron chi connectivity index (χ4n) is 6.44. The molecule has 1 heterocycles. The molecule has 2 aromatic rings. The number of rotatable bonds is 12. The number of amides is 4. The van der Waals surface area contributed by atoms with E-state index < -0.39 is 29.5 Å². The van der Waals surface area contributed by atoms with Crippen molar-refractivity contribution in [3.63, 3.8) is 0 Å². The molecule has 0 radical (unpaired) electrons. The Morgan fingerprint density at radius 1 is 0.977 bits per heavy atom. The largest absolute Gasteiger partial charge is 0.388 e. The van der Waals surface area contributed by atoms with Gasteiger partial charge in [-0.05, 0) is 113 Å². The second-order valence-corrected chi connectivity index (χ2v) is 13.2. The van der Waals surface area contributed by atoms with E-state index in [1.807, 2.05) is 32.0 Å². The van der Waals surface area contributed by atoms with Gasteiger partial charge in [0.15, 0.2) is 0 Å². The number of carbonyl (C=O) groups is 4. The molecule has 3 atom stereocenters. The quantitative estimate of drug-likeness (QED) is 0.255. The molecule has 1 aromatic heterocycles. The van der Waals surface area contributed by atoms with Gasteiger partial charge in [-0.15, -0.1) is 0 Å². The number of nitrogens with one attached hydrogen (secondary N) is 4. The van der Waals surface area contributed by atoms with Crippen molar-refractivity contribution in [2.45, 2.75) is 103 Å². The molecule has 5 N–H and O–H groups in total. The zero-order valence-corrected chi connectivity index (χ0v) is 25.6. The number of aryl methyl sites for hydroxylation is 1. The summed E-state index contributed by atoms with van der Waals surface area (Å²) in [7, 11) is 0. The van der Waals surface area contributed by atoms with Crippen LogP contribution in [0.5, 0.6) is 0 Å². The van der Waals surface area contributed by atoms with Crippen LogP contribution < -0.4 is 21.3 Å². The van der Waals surface area contributed by atoms with Crippen molar-refractivity contribution in [3.05, 3.63) is 47.3 Å².